The monoisotopic (exact) mass is 378 g/mol. The Kier molecular flexibility index (Phi) is 6.01. The zero-order valence-electron chi connectivity index (χ0n) is 15.2. The Morgan fingerprint density at radius 2 is 1.96 bits per heavy atom. The highest BCUT2D eigenvalue weighted by molar-refractivity contribution is 7.12. The number of amides is 1. The van der Waals surface area contributed by atoms with Crippen LogP contribution < -0.4 is 16.0 Å². The van der Waals surface area contributed by atoms with Crippen molar-refractivity contribution in [3.63, 3.8) is 0 Å². The number of hydrogen-bond donors (Lipinski definition) is 2. The Labute approximate surface area is 163 Å². The first-order chi connectivity index (χ1) is 13.1. The standard InChI is InChI=1S/C21H22N4OS/c1-23-18-8-3-4-9-19(18)25(2)17-11-20(27-14-17)21(26)24-13-16-7-5-6-15(10-16)12-22/h3-11,14H,1,12-13,22H2,2H3,(H,24,26). The van der Waals surface area contributed by atoms with E-state index in [2.05, 4.69) is 17.0 Å². The zero-order chi connectivity index (χ0) is 19.2. The minimum atomic E-state index is -0.0899. The molecule has 3 aromatic rings. The van der Waals surface area contributed by atoms with E-state index in [1.54, 1.807) is 0 Å². The number of anilines is 2. The lowest BCUT2D eigenvalue weighted by molar-refractivity contribution is 0.0955. The Hall–Kier alpha value is -2.96. The van der Waals surface area contributed by atoms with Crippen LogP contribution in [0.1, 0.15) is 20.8 Å². The molecule has 1 amide bonds. The number of benzene rings is 2. The molecule has 138 valence electrons. The van der Waals surface area contributed by atoms with Crippen LogP contribution in [0, 0.1) is 0 Å². The van der Waals surface area contributed by atoms with Crippen molar-refractivity contribution in [2.24, 2.45) is 10.7 Å². The maximum Gasteiger partial charge on any atom is 0.261 e. The lowest BCUT2D eigenvalue weighted by Gasteiger charge is -2.19. The molecule has 0 saturated heterocycles. The molecule has 1 heterocycles. The van der Waals surface area contributed by atoms with Crippen molar-refractivity contribution in [3.05, 3.63) is 76.0 Å². The van der Waals surface area contributed by atoms with Crippen molar-refractivity contribution in [1.29, 1.82) is 0 Å². The minimum Gasteiger partial charge on any atom is -0.347 e. The van der Waals surface area contributed by atoms with E-state index in [9.17, 15) is 4.79 Å². The molecule has 3 rings (SSSR count). The maximum atomic E-state index is 12.5. The van der Waals surface area contributed by atoms with Crippen molar-refractivity contribution < 1.29 is 4.79 Å². The van der Waals surface area contributed by atoms with Crippen LogP contribution in [0.4, 0.5) is 17.1 Å². The smallest absolute Gasteiger partial charge is 0.261 e. The van der Waals surface area contributed by atoms with E-state index in [4.69, 9.17) is 5.73 Å². The lowest BCUT2D eigenvalue weighted by atomic mass is 10.1. The van der Waals surface area contributed by atoms with Crippen LogP contribution in [0.15, 0.2) is 65.0 Å². The second-order valence-corrected chi connectivity index (χ2v) is 6.99. The third-order valence-electron chi connectivity index (χ3n) is 4.29. The van der Waals surface area contributed by atoms with Gasteiger partial charge < -0.3 is 16.0 Å². The Bertz CT molecular complexity index is 951. The van der Waals surface area contributed by atoms with E-state index in [0.717, 1.165) is 28.2 Å². The van der Waals surface area contributed by atoms with Gasteiger partial charge in [-0.2, -0.15) is 0 Å². The molecule has 0 spiro atoms. The van der Waals surface area contributed by atoms with Crippen molar-refractivity contribution in [2.75, 3.05) is 11.9 Å². The molecule has 3 N–H and O–H groups in total. The van der Waals surface area contributed by atoms with Crippen molar-refractivity contribution in [2.45, 2.75) is 13.1 Å². The summed E-state index contributed by atoms with van der Waals surface area (Å²) in [5.41, 5.74) is 10.4. The van der Waals surface area contributed by atoms with Gasteiger partial charge in [0.1, 0.15) is 0 Å². The predicted octanol–water partition coefficient (Wildman–Crippen LogP) is 4.24. The number of hydrogen-bond acceptors (Lipinski definition) is 5. The van der Waals surface area contributed by atoms with E-state index < -0.39 is 0 Å². The molecule has 0 fully saturated rings. The van der Waals surface area contributed by atoms with Crippen LogP contribution in [0.2, 0.25) is 0 Å². The average Bonchev–Trinajstić information content (AvgIpc) is 3.22. The van der Waals surface area contributed by atoms with Crippen LogP contribution in [0.3, 0.4) is 0 Å². The van der Waals surface area contributed by atoms with Crippen LogP contribution in [0.5, 0.6) is 0 Å². The number of rotatable bonds is 7. The molecular formula is C21H22N4OS. The van der Waals surface area contributed by atoms with Crippen molar-refractivity contribution in [1.82, 2.24) is 5.32 Å². The van der Waals surface area contributed by atoms with E-state index in [-0.39, 0.29) is 5.91 Å². The molecule has 0 aliphatic carbocycles. The number of nitrogens with one attached hydrogen (secondary N) is 1. The molecular weight excluding hydrogens is 356 g/mol. The topological polar surface area (TPSA) is 70.7 Å². The predicted molar refractivity (Wildman–Crippen MR) is 114 cm³/mol. The third kappa shape index (κ3) is 4.42. The van der Waals surface area contributed by atoms with E-state index in [0.29, 0.717) is 18.0 Å². The van der Waals surface area contributed by atoms with E-state index in [1.165, 1.54) is 11.3 Å². The third-order valence-corrected chi connectivity index (χ3v) is 5.21. The van der Waals surface area contributed by atoms with Gasteiger partial charge in [0.2, 0.25) is 0 Å². The molecule has 0 unspecified atom stereocenters. The SMILES string of the molecule is C=Nc1ccccc1N(C)c1csc(C(=O)NCc2cccc(CN)c2)c1. The van der Waals surface area contributed by atoms with Gasteiger partial charge in [-0.05, 0) is 36.0 Å². The first-order valence-corrected chi connectivity index (χ1v) is 9.44. The summed E-state index contributed by atoms with van der Waals surface area (Å²) in [6, 6.07) is 17.6. The number of thiophene rings is 1. The van der Waals surface area contributed by atoms with Crippen LogP contribution in [-0.4, -0.2) is 19.7 Å². The summed E-state index contributed by atoms with van der Waals surface area (Å²) in [5, 5.41) is 4.93. The molecule has 0 saturated carbocycles. The first kappa shape index (κ1) is 18.8. The number of aliphatic imine (C=N–C) groups is 1. The van der Waals surface area contributed by atoms with Gasteiger partial charge >= 0.3 is 0 Å². The van der Waals surface area contributed by atoms with Gasteiger partial charge in [-0.15, -0.1) is 11.3 Å². The molecule has 1 aromatic heterocycles. The maximum absolute atomic E-state index is 12.5. The molecule has 6 heteroatoms. The van der Waals surface area contributed by atoms with Gasteiger partial charge in [0.05, 0.1) is 21.9 Å². The molecule has 0 aliphatic rings. The zero-order valence-corrected chi connectivity index (χ0v) is 16.0. The number of carbonyl (C=O) groups excluding carboxylic acids is 1. The molecule has 5 nitrogen and oxygen atoms in total. The van der Waals surface area contributed by atoms with Gasteiger partial charge in [-0.25, -0.2) is 0 Å². The molecule has 0 bridgehead atoms. The van der Waals surface area contributed by atoms with Gasteiger partial charge in [-0.1, -0.05) is 36.4 Å². The first-order valence-electron chi connectivity index (χ1n) is 8.56. The number of nitrogens with two attached hydrogens (primary N) is 1. The van der Waals surface area contributed by atoms with E-state index in [1.807, 2.05) is 71.9 Å². The second kappa shape index (κ2) is 8.62. The number of nitrogens with zero attached hydrogens (tertiary/aromatic N) is 2. The van der Waals surface area contributed by atoms with Gasteiger partial charge in [0.25, 0.3) is 5.91 Å². The average molecular weight is 379 g/mol. The lowest BCUT2D eigenvalue weighted by Crippen LogP contribution is -2.22. The normalized spacial score (nSPS) is 10.4. The summed E-state index contributed by atoms with van der Waals surface area (Å²) < 4.78 is 0. The van der Waals surface area contributed by atoms with Crippen LogP contribution >= 0.6 is 11.3 Å². The van der Waals surface area contributed by atoms with Crippen molar-refractivity contribution >= 4 is 41.0 Å². The van der Waals surface area contributed by atoms with Gasteiger partial charge in [-0.3, -0.25) is 9.79 Å². The highest BCUT2D eigenvalue weighted by Gasteiger charge is 2.14. The Morgan fingerprint density at radius 1 is 1.19 bits per heavy atom. The van der Waals surface area contributed by atoms with Crippen LogP contribution in [0.25, 0.3) is 0 Å². The van der Waals surface area contributed by atoms with Crippen LogP contribution in [-0.2, 0) is 13.1 Å². The molecule has 2 aromatic carbocycles. The summed E-state index contributed by atoms with van der Waals surface area (Å²) in [7, 11) is 1.95. The fraction of sp³-hybridized carbons (Fsp3) is 0.143. The summed E-state index contributed by atoms with van der Waals surface area (Å²) >= 11 is 1.42. The molecule has 0 radical (unpaired) electrons. The quantitative estimate of drug-likeness (QED) is 0.604. The Balaban J connectivity index is 1.69. The number of para-hydroxylation sites is 2. The Morgan fingerprint density at radius 3 is 2.74 bits per heavy atom. The minimum absolute atomic E-state index is 0.0899. The second-order valence-electron chi connectivity index (χ2n) is 6.08. The fourth-order valence-corrected chi connectivity index (χ4v) is 3.62. The summed E-state index contributed by atoms with van der Waals surface area (Å²) in [4.78, 5) is 19.2. The molecule has 0 atom stereocenters. The molecule has 27 heavy (non-hydrogen) atoms. The molecule has 0 aliphatic heterocycles. The fourth-order valence-electron chi connectivity index (χ4n) is 2.78. The highest BCUT2D eigenvalue weighted by atomic mass is 32.1. The summed E-state index contributed by atoms with van der Waals surface area (Å²) in [6.07, 6.45) is 0. The highest BCUT2D eigenvalue weighted by Crippen LogP contribution is 2.34. The largest absolute Gasteiger partial charge is 0.347 e. The van der Waals surface area contributed by atoms with E-state index >= 15 is 0 Å². The van der Waals surface area contributed by atoms with Gasteiger partial charge in [0, 0.05) is 25.5 Å². The van der Waals surface area contributed by atoms with Crippen molar-refractivity contribution in [3.8, 4) is 0 Å². The number of carbonyl (C=O) groups is 1. The summed E-state index contributed by atoms with van der Waals surface area (Å²) in [5.74, 6) is -0.0899. The van der Waals surface area contributed by atoms with Gasteiger partial charge in [0.15, 0.2) is 0 Å². The summed E-state index contributed by atoms with van der Waals surface area (Å²) in [6.45, 7) is 4.58.